The number of esters is 1. The van der Waals surface area contributed by atoms with Gasteiger partial charge in [0.15, 0.2) is 6.29 Å². The van der Waals surface area contributed by atoms with Gasteiger partial charge in [-0.15, -0.1) is 0 Å². The van der Waals surface area contributed by atoms with Crippen LogP contribution in [0.1, 0.15) is 361 Å². The Morgan fingerprint density at radius 3 is 1.19 bits per heavy atom. The molecule has 1 amide bonds. The molecule has 85 heavy (non-hydrogen) atoms. The number of allylic oxidation sites excluding steroid dienone is 5. The van der Waals surface area contributed by atoms with Crippen LogP contribution in [0.2, 0.25) is 0 Å². The molecule has 0 spiro atoms. The number of carbonyl (C=O) groups excluding carboxylic acids is 2. The van der Waals surface area contributed by atoms with Gasteiger partial charge < -0.3 is 45.1 Å². The molecule has 1 fully saturated rings. The molecule has 0 saturated carbocycles. The molecule has 11 heteroatoms. The molecule has 1 aliphatic rings. The van der Waals surface area contributed by atoms with E-state index in [1.807, 2.05) is 6.08 Å². The van der Waals surface area contributed by atoms with Crippen LogP contribution in [0.25, 0.3) is 0 Å². The van der Waals surface area contributed by atoms with Gasteiger partial charge in [-0.25, -0.2) is 0 Å². The second kappa shape index (κ2) is 63.4. The minimum absolute atomic E-state index is 0.0119. The third kappa shape index (κ3) is 52.4. The summed E-state index contributed by atoms with van der Waals surface area (Å²) in [6, 6.07) is -0.807. The highest BCUT2D eigenvalue weighted by Gasteiger charge is 2.44. The number of aliphatic hydroxyl groups excluding tert-OH is 5. The summed E-state index contributed by atoms with van der Waals surface area (Å²) in [5.74, 6) is -0.168. The second-order valence-corrected chi connectivity index (χ2v) is 25.7. The first-order valence-electron chi connectivity index (χ1n) is 36.8. The van der Waals surface area contributed by atoms with Gasteiger partial charge in [-0.2, -0.15) is 0 Å². The van der Waals surface area contributed by atoms with Gasteiger partial charge in [0, 0.05) is 12.8 Å². The minimum atomic E-state index is -1.57. The average molecular weight is 1200 g/mol. The van der Waals surface area contributed by atoms with E-state index in [4.69, 9.17) is 14.2 Å². The summed E-state index contributed by atoms with van der Waals surface area (Å²) in [5.41, 5.74) is 0. The lowest BCUT2D eigenvalue weighted by atomic mass is 9.99. The first-order chi connectivity index (χ1) is 41.7. The molecule has 0 aromatic carbocycles. The Morgan fingerprint density at radius 2 is 0.788 bits per heavy atom. The molecule has 11 nitrogen and oxygen atoms in total. The van der Waals surface area contributed by atoms with Gasteiger partial charge in [0.1, 0.15) is 24.4 Å². The van der Waals surface area contributed by atoms with E-state index < -0.39 is 49.5 Å². The molecule has 7 atom stereocenters. The van der Waals surface area contributed by atoms with Crippen LogP contribution in [0.5, 0.6) is 0 Å². The number of amides is 1. The molecule has 0 bridgehead atoms. The summed E-state index contributed by atoms with van der Waals surface area (Å²) in [7, 11) is 0. The van der Waals surface area contributed by atoms with Crippen molar-refractivity contribution in [3.05, 3.63) is 36.5 Å². The SMILES string of the molecule is CCCCCCCCC/C=C/C(O)C(COC1OC(CO)C(O)C(O)C1O)NC(=O)CCCCCCCCCCCCCCCCCCC/C=C\C/C=C\CCCCCCCCCCCCCOC(=O)CCCCCCCCCCCCCCC. The fourth-order valence-corrected chi connectivity index (χ4v) is 11.7. The van der Waals surface area contributed by atoms with Crippen molar-refractivity contribution in [2.75, 3.05) is 19.8 Å². The third-order valence-electron chi connectivity index (χ3n) is 17.5. The molecule has 7 unspecified atom stereocenters. The van der Waals surface area contributed by atoms with Gasteiger partial charge in [-0.3, -0.25) is 9.59 Å². The summed E-state index contributed by atoms with van der Waals surface area (Å²) in [6.45, 7) is 4.35. The third-order valence-corrected chi connectivity index (χ3v) is 17.5. The van der Waals surface area contributed by atoms with Crippen LogP contribution in [0, 0.1) is 0 Å². The number of nitrogens with one attached hydrogen (secondary N) is 1. The predicted octanol–water partition coefficient (Wildman–Crippen LogP) is 19.0. The number of ether oxygens (including phenoxy) is 3. The lowest BCUT2D eigenvalue weighted by Crippen LogP contribution is -2.60. The van der Waals surface area contributed by atoms with Crippen LogP contribution >= 0.6 is 0 Å². The highest BCUT2D eigenvalue weighted by atomic mass is 16.7. The zero-order chi connectivity index (χ0) is 61.6. The highest BCUT2D eigenvalue weighted by molar-refractivity contribution is 5.76. The maximum Gasteiger partial charge on any atom is 0.305 e. The van der Waals surface area contributed by atoms with Crippen molar-refractivity contribution in [1.29, 1.82) is 0 Å². The maximum atomic E-state index is 13.0. The number of unbranched alkanes of at least 4 members (excludes halogenated alkanes) is 47. The summed E-state index contributed by atoms with van der Waals surface area (Å²) in [4.78, 5) is 25.1. The maximum absolute atomic E-state index is 13.0. The molecule has 1 aliphatic heterocycles. The van der Waals surface area contributed by atoms with Crippen LogP contribution < -0.4 is 5.32 Å². The molecule has 0 aromatic heterocycles. The van der Waals surface area contributed by atoms with Crippen molar-refractivity contribution in [3.63, 3.8) is 0 Å². The molecular formula is C74H139NO10. The van der Waals surface area contributed by atoms with Crippen LogP contribution in [0.3, 0.4) is 0 Å². The number of hydrogen-bond donors (Lipinski definition) is 6. The second-order valence-electron chi connectivity index (χ2n) is 25.7. The van der Waals surface area contributed by atoms with E-state index in [2.05, 4.69) is 43.5 Å². The van der Waals surface area contributed by atoms with Gasteiger partial charge in [0.25, 0.3) is 0 Å². The quantitative estimate of drug-likeness (QED) is 0.0195. The van der Waals surface area contributed by atoms with Gasteiger partial charge in [0.2, 0.25) is 5.91 Å². The van der Waals surface area contributed by atoms with E-state index in [1.165, 1.54) is 276 Å². The Labute approximate surface area is 523 Å². The Balaban J connectivity index is 1.90. The zero-order valence-corrected chi connectivity index (χ0v) is 55.6. The fourth-order valence-electron chi connectivity index (χ4n) is 11.7. The predicted molar refractivity (Wildman–Crippen MR) is 357 cm³/mol. The standard InChI is InChI=1S/C74H139NO10/c1-3-5-7-9-11-13-14-38-42-46-50-54-58-62-70(79)83-63-59-55-51-47-43-40-37-35-33-31-29-27-25-23-21-19-17-15-16-18-20-22-24-26-28-30-32-34-36-39-41-45-49-53-57-61-69(78)75-66(67(77)60-56-52-48-44-12-10-8-6-4-2)65-84-74-73(82)72(81)71(80)68(64-76)85-74/h17,19,23,25,56,60,66-68,71-74,76-77,80-82H,3-16,18,20-22,24,26-55,57-59,61-65H2,1-2H3,(H,75,78)/b19-17-,25-23-,60-56+. The molecule has 0 aromatic rings. The van der Waals surface area contributed by atoms with Crippen LogP contribution in [0.15, 0.2) is 36.5 Å². The van der Waals surface area contributed by atoms with Crippen molar-refractivity contribution in [2.24, 2.45) is 0 Å². The first kappa shape index (κ1) is 80.9. The van der Waals surface area contributed by atoms with Crippen LogP contribution in [0.4, 0.5) is 0 Å². The van der Waals surface area contributed by atoms with E-state index >= 15 is 0 Å². The monoisotopic (exact) mass is 1200 g/mol. The molecule has 500 valence electrons. The molecule has 1 saturated heterocycles. The molecule has 0 radical (unpaired) electrons. The number of carbonyl (C=O) groups is 2. The molecular weight excluding hydrogens is 1060 g/mol. The lowest BCUT2D eigenvalue weighted by Gasteiger charge is -2.40. The Bertz CT molecular complexity index is 1510. The normalized spacial score (nSPS) is 18.1. The molecule has 1 heterocycles. The number of rotatable bonds is 65. The molecule has 6 N–H and O–H groups in total. The Hall–Kier alpha value is -2.12. The van der Waals surface area contributed by atoms with Crippen molar-refractivity contribution in [3.8, 4) is 0 Å². The van der Waals surface area contributed by atoms with E-state index in [1.54, 1.807) is 6.08 Å². The van der Waals surface area contributed by atoms with E-state index in [0.717, 1.165) is 57.8 Å². The Kier molecular flexibility index (Phi) is 60.4. The lowest BCUT2D eigenvalue weighted by molar-refractivity contribution is -0.302. The van der Waals surface area contributed by atoms with Crippen molar-refractivity contribution >= 4 is 11.9 Å². The Morgan fingerprint density at radius 1 is 0.435 bits per heavy atom. The van der Waals surface area contributed by atoms with Crippen molar-refractivity contribution in [2.45, 2.75) is 403 Å². The minimum Gasteiger partial charge on any atom is -0.466 e. The highest BCUT2D eigenvalue weighted by Crippen LogP contribution is 2.23. The van der Waals surface area contributed by atoms with Crippen LogP contribution in [-0.4, -0.2) is 100 Å². The smallest absolute Gasteiger partial charge is 0.305 e. The van der Waals surface area contributed by atoms with Gasteiger partial charge in [-0.05, 0) is 64.2 Å². The van der Waals surface area contributed by atoms with Gasteiger partial charge >= 0.3 is 5.97 Å². The first-order valence-corrected chi connectivity index (χ1v) is 36.8. The largest absolute Gasteiger partial charge is 0.466 e. The summed E-state index contributed by atoms with van der Waals surface area (Å²) >= 11 is 0. The van der Waals surface area contributed by atoms with Gasteiger partial charge in [-0.1, -0.05) is 320 Å². The molecule has 0 aliphatic carbocycles. The van der Waals surface area contributed by atoms with E-state index in [-0.39, 0.29) is 18.5 Å². The van der Waals surface area contributed by atoms with E-state index in [0.29, 0.717) is 19.4 Å². The topological polar surface area (TPSA) is 175 Å². The summed E-state index contributed by atoms with van der Waals surface area (Å²) in [5, 5.41) is 54.3. The average Bonchev–Trinajstić information content (AvgIpc) is 3.17. The number of aliphatic hydroxyl groups is 5. The van der Waals surface area contributed by atoms with Crippen LogP contribution in [-0.2, 0) is 23.8 Å². The zero-order valence-electron chi connectivity index (χ0n) is 55.6. The number of hydrogen-bond acceptors (Lipinski definition) is 10. The summed E-state index contributed by atoms with van der Waals surface area (Å²) in [6.07, 6.45) is 71.7. The molecule has 1 rings (SSSR count). The summed E-state index contributed by atoms with van der Waals surface area (Å²) < 4.78 is 16.7. The van der Waals surface area contributed by atoms with Gasteiger partial charge in [0.05, 0.1) is 32.0 Å². The van der Waals surface area contributed by atoms with E-state index in [9.17, 15) is 35.1 Å². The van der Waals surface area contributed by atoms with Crippen molar-refractivity contribution in [1.82, 2.24) is 5.32 Å². The van der Waals surface area contributed by atoms with Crippen molar-refractivity contribution < 1.29 is 49.3 Å². The fraction of sp³-hybridized carbons (Fsp3) is 0.892.